The maximum Gasteiger partial charge on any atom is 0.416 e. The van der Waals surface area contributed by atoms with E-state index in [1.54, 1.807) is 11.4 Å². The number of hydrogen-bond acceptors (Lipinski definition) is 4. The SMILES string of the molecule is O=C(Nc1cccc(C(F)(F)F)c1)c1cccc(NS(=O)(=O)c2cccs2)c1. The lowest BCUT2D eigenvalue weighted by Gasteiger charge is -2.11. The molecule has 1 aromatic heterocycles. The predicted molar refractivity (Wildman–Crippen MR) is 101 cm³/mol. The van der Waals surface area contributed by atoms with Crippen molar-refractivity contribution in [1.29, 1.82) is 0 Å². The molecule has 0 aliphatic heterocycles. The summed E-state index contributed by atoms with van der Waals surface area (Å²) in [5.74, 6) is -0.670. The number of rotatable bonds is 5. The Kier molecular flexibility index (Phi) is 5.43. The number of carbonyl (C=O) groups excluding carboxylic acids is 1. The van der Waals surface area contributed by atoms with Crippen molar-refractivity contribution in [2.75, 3.05) is 10.0 Å². The van der Waals surface area contributed by atoms with Gasteiger partial charge >= 0.3 is 6.18 Å². The van der Waals surface area contributed by atoms with Crippen LogP contribution >= 0.6 is 11.3 Å². The van der Waals surface area contributed by atoms with Gasteiger partial charge in [0.05, 0.1) is 5.56 Å². The second-order valence-electron chi connectivity index (χ2n) is 5.65. The summed E-state index contributed by atoms with van der Waals surface area (Å²) >= 11 is 1.04. The number of halogens is 3. The molecule has 0 saturated heterocycles. The number of sulfonamides is 1. The minimum absolute atomic E-state index is 0.0237. The molecular formula is C18H13F3N2O3S2. The second kappa shape index (κ2) is 7.64. The van der Waals surface area contributed by atoms with E-state index in [9.17, 15) is 26.4 Å². The summed E-state index contributed by atoms with van der Waals surface area (Å²) in [7, 11) is -3.78. The van der Waals surface area contributed by atoms with E-state index in [-0.39, 0.29) is 21.1 Å². The molecular weight excluding hydrogens is 413 g/mol. The molecule has 28 heavy (non-hydrogen) atoms. The molecule has 5 nitrogen and oxygen atoms in total. The summed E-state index contributed by atoms with van der Waals surface area (Å²) in [4.78, 5) is 12.4. The first-order chi connectivity index (χ1) is 13.1. The zero-order valence-electron chi connectivity index (χ0n) is 14.0. The summed E-state index contributed by atoms with van der Waals surface area (Å²) < 4.78 is 65.3. The third kappa shape index (κ3) is 4.70. The van der Waals surface area contributed by atoms with Crippen molar-refractivity contribution < 1.29 is 26.4 Å². The number of nitrogens with one attached hydrogen (secondary N) is 2. The van der Waals surface area contributed by atoms with Crippen molar-refractivity contribution in [1.82, 2.24) is 0 Å². The van der Waals surface area contributed by atoms with Crippen LogP contribution in [0.2, 0.25) is 0 Å². The average molecular weight is 426 g/mol. The fourth-order valence-electron chi connectivity index (χ4n) is 2.32. The van der Waals surface area contributed by atoms with Crippen molar-refractivity contribution in [3.05, 3.63) is 77.2 Å². The minimum atomic E-state index is -4.53. The van der Waals surface area contributed by atoms with Crippen LogP contribution in [-0.2, 0) is 16.2 Å². The van der Waals surface area contributed by atoms with Crippen LogP contribution in [0.3, 0.4) is 0 Å². The minimum Gasteiger partial charge on any atom is -0.322 e. The summed E-state index contributed by atoms with van der Waals surface area (Å²) in [6.45, 7) is 0. The Morgan fingerprint density at radius 1 is 0.929 bits per heavy atom. The van der Waals surface area contributed by atoms with E-state index in [1.165, 1.54) is 42.5 Å². The monoisotopic (exact) mass is 426 g/mol. The predicted octanol–water partition coefficient (Wildman–Crippen LogP) is 4.82. The van der Waals surface area contributed by atoms with Crippen molar-refractivity contribution in [2.45, 2.75) is 10.4 Å². The van der Waals surface area contributed by atoms with Crippen LogP contribution < -0.4 is 10.0 Å². The highest BCUT2D eigenvalue weighted by Gasteiger charge is 2.30. The van der Waals surface area contributed by atoms with Crippen LogP contribution in [0.1, 0.15) is 15.9 Å². The Morgan fingerprint density at radius 3 is 2.32 bits per heavy atom. The normalized spacial score (nSPS) is 11.8. The molecule has 3 aromatic rings. The van der Waals surface area contributed by atoms with E-state index in [1.807, 2.05) is 0 Å². The fourth-order valence-corrected chi connectivity index (χ4v) is 4.36. The van der Waals surface area contributed by atoms with Gasteiger partial charge in [-0.1, -0.05) is 18.2 Å². The van der Waals surface area contributed by atoms with Gasteiger partial charge in [-0.3, -0.25) is 9.52 Å². The molecule has 0 bridgehead atoms. The third-order valence-electron chi connectivity index (χ3n) is 3.58. The largest absolute Gasteiger partial charge is 0.416 e. The van der Waals surface area contributed by atoms with E-state index in [2.05, 4.69) is 10.0 Å². The zero-order valence-corrected chi connectivity index (χ0v) is 15.7. The van der Waals surface area contributed by atoms with Crippen molar-refractivity contribution in [3.8, 4) is 0 Å². The molecule has 0 radical (unpaired) electrons. The van der Waals surface area contributed by atoms with Crippen molar-refractivity contribution in [3.63, 3.8) is 0 Å². The molecule has 0 aliphatic rings. The Labute approximate surface area is 162 Å². The molecule has 146 valence electrons. The van der Waals surface area contributed by atoms with E-state index in [0.29, 0.717) is 0 Å². The molecule has 2 aromatic carbocycles. The molecule has 0 saturated carbocycles. The molecule has 1 amide bonds. The molecule has 0 fully saturated rings. The lowest BCUT2D eigenvalue weighted by atomic mass is 10.1. The quantitative estimate of drug-likeness (QED) is 0.614. The molecule has 0 aliphatic carbocycles. The molecule has 10 heteroatoms. The Hall–Kier alpha value is -2.85. The lowest BCUT2D eigenvalue weighted by Crippen LogP contribution is -2.15. The first kappa shape index (κ1) is 19.9. The van der Waals surface area contributed by atoms with E-state index < -0.39 is 27.7 Å². The van der Waals surface area contributed by atoms with Crippen LogP contribution in [0.15, 0.2) is 70.3 Å². The molecule has 3 rings (SSSR count). The Bertz CT molecular complexity index is 1100. The van der Waals surface area contributed by atoms with Gasteiger partial charge < -0.3 is 5.32 Å². The van der Waals surface area contributed by atoms with Gasteiger partial charge in [0.2, 0.25) is 0 Å². The third-order valence-corrected chi connectivity index (χ3v) is 6.36. The maximum atomic E-state index is 12.8. The molecule has 0 unspecified atom stereocenters. The van der Waals surface area contributed by atoms with Crippen LogP contribution in [-0.4, -0.2) is 14.3 Å². The van der Waals surface area contributed by atoms with Gasteiger partial charge in [0, 0.05) is 16.9 Å². The Morgan fingerprint density at radius 2 is 1.64 bits per heavy atom. The van der Waals surface area contributed by atoms with Gasteiger partial charge in [0.15, 0.2) is 0 Å². The number of hydrogen-bond donors (Lipinski definition) is 2. The smallest absolute Gasteiger partial charge is 0.322 e. The summed E-state index contributed by atoms with van der Waals surface area (Å²) in [6, 6.07) is 12.9. The van der Waals surface area contributed by atoms with E-state index in [0.717, 1.165) is 23.5 Å². The van der Waals surface area contributed by atoms with Crippen LogP contribution in [0, 0.1) is 0 Å². The van der Waals surface area contributed by atoms with Crippen LogP contribution in [0.5, 0.6) is 0 Å². The summed E-state index contributed by atoms with van der Waals surface area (Å²) in [5.41, 5.74) is -0.666. The number of alkyl halides is 3. The lowest BCUT2D eigenvalue weighted by molar-refractivity contribution is -0.137. The highest BCUT2D eigenvalue weighted by Crippen LogP contribution is 2.30. The Balaban J connectivity index is 1.78. The number of benzene rings is 2. The standard InChI is InChI=1S/C18H13F3N2O3S2/c19-18(20,21)13-5-2-6-14(11-13)22-17(24)12-4-1-7-15(10-12)23-28(25,26)16-8-3-9-27-16/h1-11,23H,(H,22,24). The topological polar surface area (TPSA) is 75.3 Å². The van der Waals surface area contributed by atoms with Gasteiger partial charge in [-0.2, -0.15) is 13.2 Å². The van der Waals surface area contributed by atoms with Crippen molar-refractivity contribution in [2.24, 2.45) is 0 Å². The van der Waals surface area contributed by atoms with Gasteiger partial charge in [0.25, 0.3) is 15.9 Å². The first-order valence-electron chi connectivity index (χ1n) is 7.80. The highest BCUT2D eigenvalue weighted by atomic mass is 32.2. The molecule has 2 N–H and O–H groups in total. The summed E-state index contributed by atoms with van der Waals surface area (Å²) in [5, 5.41) is 3.99. The van der Waals surface area contributed by atoms with Gasteiger partial charge in [-0.05, 0) is 47.8 Å². The molecule has 0 atom stereocenters. The molecule has 0 spiro atoms. The summed E-state index contributed by atoms with van der Waals surface area (Å²) in [6.07, 6.45) is -4.53. The van der Waals surface area contributed by atoms with E-state index >= 15 is 0 Å². The van der Waals surface area contributed by atoms with Gasteiger partial charge in [-0.25, -0.2) is 8.42 Å². The maximum absolute atomic E-state index is 12.8. The first-order valence-corrected chi connectivity index (χ1v) is 10.2. The van der Waals surface area contributed by atoms with Gasteiger partial charge in [-0.15, -0.1) is 11.3 Å². The molecule has 1 heterocycles. The van der Waals surface area contributed by atoms with Crippen LogP contribution in [0.25, 0.3) is 0 Å². The number of amides is 1. The number of anilines is 2. The highest BCUT2D eigenvalue weighted by molar-refractivity contribution is 7.94. The van der Waals surface area contributed by atoms with Crippen LogP contribution in [0.4, 0.5) is 24.5 Å². The average Bonchev–Trinajstić information content (AvgIpc) is 3.17. The zero-order chi connectivity index (χ0) is 20.4. The van der Waals surface area contributed by atoms with Crippen molar-refractivity contribution >= 4 is 38.6 Å². The number of carbonyl (C=O) groups is 1. The second-order valence-corrected chi connectivity index (χ2v) is 8.51. The number of thiophene rings is 1. The van der Waals surface area contributed by atoms with E-state index in [4.69, 9.17) is 0 Å². The van der Waals surface area contributed by atoms with Gasteiger partial charge in [0.1, 0.15) is 4.21 Å². The fraction of sp³-hybridized carbons (Fsp3) is 0.0556.